The van der Waals surface area contributed by atoms with Gasteiger partial charge in [0.25, 0.3) is 0 Å². The zero-order chi connectivity index (χ0) is 27.2. The molecule has 12 nitrogen and oxygen atoms in total. The molecular weight excluding hydrogens is 452 g/mol. The first kappa shape index (κ1) is 33.7. The molecular formula is C22H38N2O10. The zero-order valence-corrected chi connectivity index (χ0v) is 20.4. The van der Waals surface area contributed by atoms with Gasteiger partial charge in [0, 0.05) is 0 Å². The normalized spacial score (nSPS) is 21.3. The minimum atomic E-state index is -1.39. The molecule has 6 N–H and O–H groups in total. The summed E-state index contributed by atoms with van der Waals surface area (Å²) in [7, 11) is 0. The fraction of sp³-hybridized carbons (Fsp3) is 0.818. The maximum absolute atomic E-state index is 10.3. The van der Waals surface area contributed by atoms with Gasteiger partial charge in [-0.3, -0.25) is 9.59 Å². The molecule has 0 heterocycles. The quantitative estimate of drug-likeness (QED) is 0.193. The van der Waals surface area contributed by atoms with Crippen LogP contribution in [0.3, 0.4) is 0 Å². The molecule has 0 aromatic heterocycles. The fourth-order valence-corrected chi connectivity index (χ4v) is 3.46. The lowest BCUT2D eigenvalue weighted by Gasteiger charge is -2.44. The molecule has 1 aliphatic carbocycles. The topological polar surface area (TPSA) is 214 Å². The van der Waals surface area contributed by atoms with Crippen LogP contribution >= 0.6 is 0 Å². The number of carboxylic acids is 2. The highest BCUT2D eigenvalue weighted by Crippen LogP contribution is 2.47. The van der Waals surface area contributed by atoms with E-state index in [0.717, 1.165) is 19.3 Å². The van der Waals surface area contributed by atoms with Gasteiger partial charge in [0.1, 0.15) is 10.8 Å². The Balaban J connectivity index is 0. The van der Waals surface area contributed by atoms with Gasteiger partial charge in [0.05, 0.1) is 39.0 Å². The first-order valence-electron chi connectivity index (χ1n) is 10.5. The Morgan fingerprint density at radius 1 is 0.853 bits per heavy atom. The number of nitrogens with zero attached hydrogens (tertiary/aromatic N) is 2. The predicted molar refractivity (Wildman–Crippen MR) is 120 cm³/mol. The summed E-state index contributed by atoms with van der Waals surface area (Å²) in [6.07, 6.45) is 5.88. The first-order chi connectivity index (χ1) is 15.5. The number of aliphatic hydroxyl groups excluding tert-OH is 4. The van der Waals surface area contributed by atoms with Gasteiger partial charge in [-0.2, -0.15) is 0 Å². The molecule has 1 aliphatic rings. The van der Waals surface area contributed by atoms with Crippen molar-refractivity contribution >= 4 is 24.1 Å². The summed E-state index contributed by atoms with van der Waals surface area (Å²) < 4.78 is 0. The van der Waals surface area contributed by atoms with E-state index in [2.05, 4.69) is 30.8 Å². The average Bonchev–Trinajstić information content (AvgIpc) is 2.76. The standard InChI is InChI=1S/C12H18N2O2.2C5H10O4/c1-11(2)4-10(14-9-16)5-12(3,6-11)7-13-8-15;2*1-5(2-6,3-7)4(8)9/h10H,4-7H2,1-3H3;2*6-7H,2-3H2,1H3,(H,8,9). The van der Waals surface area contributed by atoms with Crippen molar-refractivity contribution in [2.75, 3.05) is 33.0 Å². The molecule has 0 aromatic carbocycles. The SMILES string of the molecule is CC(CO)(CO)C(=O)O.CC(CO)(CO)C(=O)O.CC1(C)CC(N=C=O)CC(C)(CN=C=O)C1. The second-order valence-electron chi connectivity index (χ2n) is 10.2. The van der Waals surface area contributed by atoms with Crippen LogP contribution in [0.4, 0.5) is 0 Å². The molecule has 0 radical (unpaired) electrons. The van der Waals surface area contributed by atoms with Crippen molar-refractivity contribution in [3.8, 4) is 0 Å². The van der Waals surface area contributed by atoms with Crippen molar-refractivity contribution < 1.29 is 49.8 Å². The summed E-state index contributed by atoms with van der Waals surface area (Å²) in [6.45, 7) is 7.23. The van der Waals surface area contributed by atoms with Gasteiger partial charge in [-0.05, 0) is 43.9 Å². The van der Waals surface area contributed by atoms with Gasteiger partial charge < -0.3 is 30.6 Å². The van der Waals surface area contributed by atoms with Crippen molar-refractivity contribution in [2.45, 2.75) is 59.9 Å². The van der Waals surface area contributed by atoms with Crippen LogP contribution in [0.15, 0.2) is 9.98 Å². The van der Waals surface area contributed by atoms with Crippen molar-refractivity contribution in [1.29, 1.82) is 0 Å². The summed E-state index contributed by atoms with van der Waals surface area (Å²) in [5, 5.41) is 50.3. The Hall–Kier alpha value is -2.46. The summed E-state index contributed by atoms with van der Waals surface area (Å²) in [6, 6.07) is 0.00750. The van der Waals surface area contributed by atoms with Crippen LogP contribution in [0.5, 0.6) is 0 Å². The summed E-state index contributed by atoms with van der Waals surface area (Å²) >= 11 is 0. The summed E-state index contributed by atoms with van der Waals surface area (Å²) in [4.78, 5) is 48.4. The molecule has 1 rings (SSSR count). The summed E-state index contributed by atoms with van der Waals surface area (Å²) in [5.41, 5.74) is -2.72. The Kier molecular flexibility index (Phi) is 14.6. The number of aliphatic hydroxyl groups is 4. The molecule has 0 bridgehead atoms. The fourth-order valence-electron chi connectivity index (χ4n) is 3.46. The Labute approximate surface area is 199 Å². The van der Waals surface area contributed by atoms with Crippen LogP contribution in [-0.4, -0.2) is 93.8 Å². The molecule has 0 aromatic rings. The smallest absolute Gasteiger partial charge is 0.314 e. The van der Waals surface area contributed by atoms with Crippen LogP contribution in [0, 0.1) is 21.7 Å². The number of aliphatic carboxylic acids is 2. The Morgan fingerprint density at radius 2 is 1.26 bits per heavy atom. The predicted octanol–water partition coefficient (Wildman–Crippen LogP) is 0.367. The molecule has 0 amide bonds. The van der Waals surface area contributed by atoms with Gasteiger partial charge in [-0.25, -0.2) is 19.6 Å². The van der Waals surface area contributed by atoms with E-state index in [1.54, 1.807) is 12.2 Å². The average molecular weight is 491 g/mol. The van der Waals surface area contributed by atoms with E-state index < -0.39 is 49.2 Å². The molecule has 1 saturated carbocycles. The van der Waals surface area contributed by atoms with E-state index in [-0.39, 0.29) is 16.9 Å². The van der Waals surface area contributed by atoms with Crippen molar-refractivity contribution in [1.82, 2.24) is 0 Å². The molecule has 1 fully saturated rings. The Bertz CT molecular complexity index is 721. The van der Waals surface area contributed by atoms with Gasteiger partial charge in [-0.15, -0.1) is 0 Å². The van der Waals surface area contributed by atoms with E-state index in [1.165, 1.54) is 13.8 Å². The minimum Gasteiger partial charge on any atom is -0.481 e. The third-order valence-electron chi connectivity index (χ3n) is 5.61. The maximum Gasteiger partial charge on any atom is 0.314 e. The van der Waals surface area contributed by atoms with E-state index in [4.69, 9.17) is 30.6 Å². The largest absolute Gasteiger partial charge is 0.481 e. The molecule has 0 spiro atoms. The lowest BCUT2D eigenvalue weighted by molar-refractivity contribution is -0.154. The second kappa shape index (κ2) is 14.7. The van der Waals surface area contributed by atoms with Crippen LogP contribution in [-0.2, 0) is 19.2 Å². The van der Waals surface area contributed by atoms with Crippen LogP contribution in [0.1, 0.15) is 53.9 Å². The highest BCUT2D eigenvalue weighted by atomic mass is 16.4. The molecule has 0 saturated heterocycles. The molecule has 34 heavy (non-hydrogen) atoms. The zero-order valence-electron chi connectivity index (χ0n) is 20.4. The first-order valence-corrected chi connectivity index (χ1v) is 10.5. The van der Waals surface area contributed by atoms with Crippen LogP contribution in [0.2, 0.25) is 0 Å². The number of isocyanates is 2. The maximum atomic E-state index is 10.3. The number of hydrogen-bond acceptors (Lipinski definition) is 10. The molecule has 0 aliphatic heterocycles. The monoisotopic (exact) mass is 490 g/mol. The minimum absolute atomic E-state index is 0.00750. The number of carboxylic acid groups (broad SMARTS) is 2. The van der Waals surface area contributed by atoms with E-state index in [0.29, 0.717) is 6.54 Å². The number of hydrogen-bond donors (Lipinski definition) is 6. The second-order valence-corrected chi connectivity index (χ2v) is 10.2. The number of aliphatic imine (C=N–C) groups is 2. The van der Waals surface area contributed by atoms with Crippen LogP contribution < -0.4 is 0 Å². The summed E-state index contributed by atoms with van der Waals surface area (Å²) in [5.74, 6) is -2.37. The van der Waals surface area contributed by atoms with Gasteiger partial charge >= 0.3 is 11.9 Å². The van der Waals surface area contributed by atoms with Crippen molar-refractivity contribution in [2.24, 2.45) is 31.6 Å². The van der Waals surface area contributed by atoms with Crippen molar-refractivity contribution in [3.05, 3.63) is 0 Å². The van der Waals surface area contributed by atoms with E-state index in [1.807, 2.05) is 0 Å². The molecule has 2 unspecified atom stereocenters. The van der Waals surface area contributed by atoms with E-state index in [9.17, 15) is 19.2 Å². The third-order valence-corrected chi connectivity index (χ3v) is 5.61. The number of rotatable bonds is 9. The molecule has 196 valence electrons. The third kappa shape index (κ3) is 11.6. The number of carbonyl (C=O) groups excluding carboxylic acids is 2. The lowest BCUT2D eigenvalue weighted by atomic mass is 9.63. The highest BCUT2D eigenvalue weighted by molar-refractivity contribution is 5.74. The Morgan fingerprint density at radius 3 is 1.53 bits per heavy atom. The van der Waals surface area contributed by atoms with Gasteiger partial charge in [-0.1, -0.05) is 20.8 Å². The van der Waals surface area contributed by atoms with Gasteiger partial charge in [0.2, 0.25) is 12.2 Å². The molecule has 12 heteroatoms. The van der Waals surface area contributed by atoms with Crippen LogP contribution in [0.25, 0.3) is 0 Å². The number of carbonyl (C=O) groups is 2. The lowest BCUT2D eigenvalue weighted by Crippen LogP contribution is -2.39. The van der Waals surface area contributed by atoms with E-state index >= 15 is 0 Å². The van der Waals surface area contributed by atoms with Crippen molar-refractivity contribution in [3.63, 3.8) is 0 Å². The molecule has 2 atom stereocenters. The van der Waals surface area contributed by atoms with Gasteiger partial charge in [0.15, 0.2) is 0 Å². The highest BCUT2D eigenvalue weighted by Gasteiger charge is 2.41.